The highest BCUT2D eigenvalue weighted by atomic mass is 16.5. The first-order chi connectivity index (χ1) is 11.6. The van der Waals surface area contributed by atoms with Gasteiger partial charge < -0.3 is 14.8 Å². The molecule has 0 saturated heterocycles. The van der Waals surface area contributed by atoms with Crippen molar-refractivity contribution in [2.75, 3.05) is 19.5 Å². The van der Waals surface area contributed by atoms with E-state index in [0.717, 1.165) is 28.8 Å². The fourth-order valence-corrected chi connectivity index (χ4v) is 2.50. The Labute approximate surface area is 143 Å². The van der Waals surface area contributed by atoms with Crippen molar-refractivity contribution in [1.82, 2.24) is 0 Å². The van der Waals surface area contributed by atoms with Crippen LogP contribution in [0.15, 0.2) is 42.5 Å². The first-order valence-electron chi connectivity index (χ1n) is 7.88. The van der Waals surface area contributed by atoms with Crippen molar-refractivity contribution < 1.29 is 14.3 Å². The predicted molar refractivity (Wildman–Crippen MR) is 97.8 cm³/mol. The number of methoxy groups -OCH3 is 2. The van der Waals surface area contributed by atoms with Crippen LogP contribution in [0.5, 0.6) is 11.5 Å². The summed E-state index contributed by atoms with van der Waals surface area (Å²) in [5.74, 6) is 1.22. The number of carbonyl (C=O) groups excluding carboxylic acids is 1. The van der Waals surface area contributed by atoms with Crippen LogP contribution in [-0.4, -0.2) is 20.1 Å². The fourth-order valence-electron chi connectivity index (χ4n) is 2.50. The number of ether oxygens (including phenoxy) is 2. The lowest BCUT2D eigenvalue weighted by Crippen LogP contribution is -2.11. The van der Waals surface area contributed by atoms with E-state index in [4.69, 9.17) is 9.47 Å². The van der Waals surface area contributed by atoms with E-state index in [-0.39, 0.29) is 5.91 Å². The Morgan fingerprint density at radius 3 is 2.62 bits per heavy atom. The van der Waals surface area contributed by atoms with E-state index in [0.29, 0.717) is 11.5 Å². The Morgan fingerprint density at radius 1 is 1.17 bits per heavy atom. The average Bonchev–Trinajstić information content (AvgIpc) is 2.61. The van der Waals surface area contributed by atoms with Crippen LogP contribution in [0.4, 0.5) is 5.69 Å². The summed E-state index contributed by atoms with van der Waals surface area (Å²) in [5.41, 5.74) is 3.84. The van der Waals surface area contributed by atoms with Gasteiger partial charge in [0.15, 0.2) is 0 Å². The minimum absolute atomic E-state index is 0.177. The molecule has 2 aromatic rings. The SMILES string of the molecule is CCc1cccc(C)c1NC(=O)/C=C/c1cc(OC)ccc1OC. The molecule has 0 unspecified atom stereocenters. The molecule has 2 aromatic carbocycles. The standard InChI is InChI=1S/C20H23NO3/c1-5-15-8-6-7-14(2)20(15)21-19(22)12-9-16-13-17(23-3)10-11-18(16)24-4/h6-13H,5H2,1-4H3,(H,21,22)/b12-9+. The summed E-state index contributed by atoms with van der Waals surface area (Å²) in [6.07, 6.45) is 4.09. The third-order valence-electron chi connectivity index (χ3n) is 3.84. The zero-order chi connectivity index (χ0) is 17.5. The Bertz CT molecular complexity index is 751. The normalized spacial score (nSPS) is 10.7. The van der Waals surface area contributed by atoms with Gasteiger partial charge in [-0.05, 0) is 48.7 Å². The summed E-state index contributed by atoms with van der Waals surface area (Å²) in [6, 6.07) is 11.5. The van der Waals surface area contributed by atoms with Gasteiger partial charge in [0, 0.05) is 17.3 Å². The summed E-state index contributed by atoms with van der Waals surface area (Å²) in [4.78, 5) is 12.3. The zero-order valence-electron chi connectivity index (χ0n) is 14.6. The number of nitrogens with one attached hydrogen (secondary N) is 1. The molecular formula is C20H23NO3. The number of hydrogen-bond donors (Lipinski definition) is 1. The average molecular weight is 325 g/mol. The topological polar surface area (TPSA) is 47.6 Å². The highest BCUT2D eigenvalue weighted by Crippen LogP contribution is 2.25. The maximum absolute atomic E-state index is 12.3. The van der Waals surface area contributed by atoms with E-state index in [1.165, 1.54) is 6.08 Å². The maximum Gasteiger partial charge on any atom is 0.248 e. The first kappa shape index (κ1) is 17.6. The summed E-state index contributed by atoms with van der Waals surface area (Å²) in [6.45, 7) is 4.06. The van der Waals surface area contributed by atoms with Crippen LogP contribution in [0, 0.1) is 6.92 Å². The lowest BCUT2D eigenvalue weighted by Gasteiger charge is -2.11. The minimum Gasteiger partial charge on any atom is -0.497 e. The van der Waals surface area contributed by atoms with E-state index in [1.807, 2.05) is 43.3 Å². The van der Waals surface area contributed by atoms with Gasteiger partial charge in [-0.15, -0.1) is 0 Å². The number of carbonyl (C=O) groups is 1. The summed E-state index contributed by atoms with van der Waals surface area (Å²) < 4.78 is 10.5. The lowest BCUT2D eigenvalue weighted by molar-refractivity contribution is -0.111. The predicted octanol–water partition coefficient (Wildman–Crippen LogP) is 4.23. The van der Waals surface area contributed by atoms with Crippen LogP contribution in [0.1, 0.15) is 23.6 Å². The molecule has 0 spiro atoms. The second-order valence-electron chi connectivity index (χ2n) is 5.39. The Kier molecular flexibility index (Phi) is 6.01. The molecule has 0 bridgehead atoms. The molecule has 0 aromatic heterocycles. The molecule has 1 amide bonds. The molecule has 0 saturated carbocycles. The largest absolute Gasteiger partial charge is 0.497 e. The fraction of sp³-hybridized carbons (Fsp3) is 0.250. The molecule has 0 fully saturated rings. The summed E-state index contributed by atoms with van der Waals surface area (Å²) in [5, 5.41) is 2.97. The quantitative estimate of drug-likeness (QED) is 0.809. The van der Waals surface area contributed by atoms with Crippen molar-refractivity contribution in [3.63, 3.8) is 0 Å². The molecule has 0 radical (unpaired) electrons. The Hall–Kier alpha value is -2.75. The monoisotopic (exact) mass is 325 g/mol. The number of rotatable bonds is 6. The van der Waals surface area contributed by atoms with E-state index in [2.05, 4.69) is 12.2 Å². The van der Waals surface area contributed by atoms with Gasteiger partial charge in [0.25, 0.3) is 0 Å². The van der Waals surface area contributed by atoms with Crippen molar-refractivity contribution in [3.05, 3.63) is 59.2 Å². The van der Waals surface area contributed by atoms with Gasteiger partial charge in [-0.1, -0.05) is 25.1 Å². The molecule has 126 valence electrons. The second-order valence-corrected chi connectivity index (χ2v) is 5.39. The molecular weight excluding hydrogens is 302 g/mol. The van der Waals surface area contributed by atoms with Gasteiger partial charge in [-0.3, -0.25) is 4.79 Å². The molecule has 0 heterocycles. The number of para-hydroxylation sites is 1. The van der Waals surface area contributed by atoms with Crippen molar-refractivity contribution in [2.24, 2.45) is 0 Å². The highest BCUT2D eigenvalue weighted by Gasteiger charge is 2.07. The van der Waals surface area contributed by atoms with Crippen LogP contribution in [-0.2, 0) is 11.2 Å². The second kappa shape index (κ2) is 8.20. The highest BCUT2D eigenvalue weighted by molar-refractivity contribution is 6.03. The lowest BCUT2D eigenvalue weighted by atomic mass is 10.1. The molecule has 0 aliphatic rings. The van der Waals surface area contributed by atoms with Gasteiger partial charge in [0.05, 0.1) is 14.2 Å². The number of anilines is 1. The molecule has 0 atom stereocenters. The number of aryl methyl sites for hydroxylation is 2. The minimum atomic E-state index is -0.177. The Balaban J connectivity index is 2.20. The third kappa shape index (κ3) is 4.16. The van der Waals surface area contributed by atoms with Crippen molar-refractivity contribution >= 4 is 17.7 Å². The van der Waals surface area contributed by atoms with E-state index < -0.39 is 0 Å². The molecule has 24 heavy (non-hydrogen) atoms. The third-order valence-corrected chi connectivity index (χ3v) is 3.84. The molecule has 0 aliphatic heterocycles. The van der Waals surface area contributed by atoms with Crippen LogP contribution in [0.2, 0.25) is 0 Å². The van der Waals surface area contributed by atoms with E-state index in [9.17, 15) is 4.79 Å². The van der Waals surface area contributed by atoms with Gasteiger partial charge in [-0.2, -0.15) is 0 Å². The molecule has 4 heteroatoms. The van der Waals surface area contributed by atoms with Crippen molar-refractivity contribution in [2.45, 2.75) is 20.3 Å². The zero-order valence-corrected chi connectivity index (χ0v) is 14.6. The molecule has 1 N–H and O–H groups in total. The van der Waals surface area contributed by atoms with Crippen LogP contribution in [0.3, 0.4) is 0 Å². The molecule has 4 nitrogen and oxygen atoms in total. The molecule has 0 aliphatic carbocycles. The molecule has 2 rings (SSSR count). The van der Waals surface area contributed by atoms with Crippen LogP contribution in [0.25, 0.3) is 6.08 Å². The van der Waals surface area contributed by atoms with Gasteiger partial charge in [0.1, 0.15) is 11.5 Å². The number of amides is 1. The van der Waals surface area contributed by atoms with Crippen molar-refractivity contribution in [1.29, 1.82) is 0 Å². The van der Waals surface area contributed by atoms with Crippen molar-refractivity contribution in [3.8, 4) is 11.5 Å². The number of benzene rings is 2. The van der Waals surface area contributed by atoms with Gasteiger partial charge in [-0.25, -0.2) is 0 Å². The summed E-state index contributed by atoms with van der Waals surface area (Å²) in [7, 11) is 3.20. The summed E-state index contributed by atoms with van der Waals surface area (Å²) >= 11 is 0. The smallest absolute Gasteiger partial charge is 0.248 e. The number of hydrogen-bond acceptors (Lipinski definition) is 3. The maximum atomic E-state index is 12.3. The van der Waals surface area contributed by atoms with E-state index >= 15 is 0 Å². The van der Waals surface area contributed by atoms with Crippen LogP contribution >= 0.6 is 0 Å². The van der Waals surface area contributed by atoms with Crippen LogP contribution < -0.4 is 14.8 Å². The van der Waals surface area contributed by atoms with E-state index in [1.54, 1.807) is 20.3 Å². The first-order valence-corrected chi connectivity index (χ1v) is 7.88. The van der Waals surface area contributed by atoms with Gasteiger partial charge in [0.2, 0.25) is 5.91 Å². The van der Waals surface area contributed by atoms with Gasteiger partial charge >= 0.3 is 0 Å². The Morgan fingerprint density at radius 2 is 1.96 bits per heavy atom.